The average Bonchev–Trinajstić information content (AvgIpc) is 2.40. The second kappa shape index (κ2) is 7.76. The van der Waals surface area contributed by atoms with Crippen LogP contribution in [0.1, 0.15) is 47.5 Å². The largest absolute Gasteiger partial charge is 0.498 e. The SMILES string of the molecule is CCOC1=C(C(C=C(C)C)OCOC)C(=O)C(C)(C)CC1. The van der Waals surface area contributed by atoms with Crippen LogP contribution < -0.4 is 0 Å². The van der Waals surface area contributed by atoms with Crippen LogP contribution in [-0.2, 0) is 19.0 Å². The Bertz CT molecular complexity index is 428. The van der Waals surface area contributed by atoms with Gasteiger partial charge >= 0.3 is 0 Å². The molecule has 1 aliphatic carbocycles. The van der Waals surface area contributed by atoms with Crippen molar-refractivity contribution in [3.63, 3.8) is 0 Å². The van der Waals surface area contributed by atoms with E-state index in [1.54, 1.807) is 7.11 Å². The second-order valence-electron chi connectivity index (χ2n) is 6.22. The van der Waals surface area contributed by atoms with Crippen molar-refractivity contribution in [2.75, 3.05) is 20.5 Å². The molecule has 4 heteroatoms. The Hall–Kier alpha value is -1.13. The van der Waals surface area contributed by atoms with Gasteiger partial charge in [-0.15, -0.1) is 0 Å². The van der Waals surface area contributed by atoms with E-state index in [0.717, 1.165) is 24.2 Å². The minimum atomic E-state index is -0.413. The van der Waals surface area contributed by atoms with Gasteiger partial charge in [0.25, 0.3) is 0 Å². The fourth-order valence-electron chi connectivity index (χ4n) is 2.44. The Labute approximate surface area is 128 Å². The highest BCUT2D eigenvalue weighted by molar-refractivity contribution is 6.01. The van der Waals surface area contributed by atoms with Gasteiger partial charge in [0.05, 0.1) is 12.2 Å². The van der Waals surface area contributed by atoms with Gasteiger partial charge in [-0.05, 0) is 27.2 Å². The molecule has 0 bridgehead atoms. The highest BCUT2D eigenvalue weighted by Gasteiger charge is 2.39. The van der Waals surface area contributed by atoms with E-state index in [2.05, 4.69) is 0 Å². The van der Waals surface area contributed by atoms with Crippen LogP contribution in [0.15, 0.2) is 23.0 Å². The zero-order valence-electron chi connectivity index (χ0n) is 14.1. The van der Waals surface area contributed by atoms with Gasteiger partial charge in [0, 0.05) is 18.9 Å². The third-order valence-electron chi connectivity index (χ3n) is 3.59. The maximum atomic E-state index is 12.8. The van der Waals surface area contributed by atoms with Gasteiger partial charge in [0.15, 0.2) is 5.78 Å². The van der Waals surface area contributed by atoms with E-state index < -0.39 is 6.10 Å². The standard InChI is InChI=1S/C17H28O4/c1-7-20-13-8-9-17(4,5)16(18)15(13)14(10-12(2)3)21-11-19-6/h10,14H,7-9,11H2,1-6H3. The summed E-state index contributed by atoms with van der Waals surface area (Å²) < 4.78 is 16.4. The molecule has 21 heavy (non-hydrogen) atoms. The van der Waals surface area contributed by atoms with E-state index in [0.29, 0.717) is 12.2 Å². The lowest BCUT2D eigenvalue weighted by molar-refractivity contribution is -0.127. The van der Waals surface area contributed by atoms with Crippen molar-refractivity contribution in [1.82, 2.24) is 0 Å². The predicted octanol–water partition coefficient (Wildman–Crippen LogP) is 3.62. The van der Waals surface area contributed by atoms with Crippen LogP contribution in [0, 0.1) is 5.41 Å². The van der Waals surface area contributed by atoms with Gasteiger partial charge in [0.1, 0.15) is 18.7 Å². The Kier molecular flexibility index (Phi) is 6.62. The molecule has 0 aromatic carbocycles. The van der Waals surface area contributed by atoms with Gasteiger partial charge < -0.3 is 14.2 Å². The van der Waals surface area contributed by atoms with E-state index in [-0.39, 0.29) is 18.0 Å². The predicted molar refractivity (Wildman–Crippen MR) is 82.9 cm³/mol. The number of hydrogen-bond acceptors (Lipinski definition) is 4. The summed E-state index contributed by atoms with van der Waals surface area (Å²) in [4.78, 5) is 12.8. The highest BCUT2D eigenvalue weighted by Crippen LogP contribution is 2.38. The number of allylic oxidation sites excluding steroid dienone is 2. The molecule has 120 valence electrons. The molecule has 0 spiro atoms. The third-order valence-corrected chi connectivity index (χ3v) is 3.59. The zero-order valence-corrected chi connectivity index (χ0v) is 14.1. The lowest BCUT2D eigenvalue weighted by Gasteiger charge is -2.33. The Morgan fingerprint density at radius 3 is 2.57 bits per heavy atom. The first-order valence-electron chi connectivity index (χ1n) is 7.49. The molecule has 0 heterocycles. The summed E-state index contributed by atoms with van der Waals surface area (Å²) in [6.45, 7) is 10.6. The summed E-state index contributed by atoms with van der Waals surface area (Å²) in [5.41, 5.74) is 1.36. The maximum absolute atomic E-state index is 12.8. The molecule has 0 saturated heterocycles. The number of ketones is 1. The van der Waals surface area contributed by atoms with Crippen molar-refractivity contribution in [2.45, 2.75) is 53.6 Å². The van der Waals surface area contributed by atoms with E-state index in [4.69, 9.17) is 14.2 Å². The molecule has 0 fully saturated rings. The molecule has 0 aromatic rings. The van der Waals surface area contributed by atoms with E-state index in [1.807, 2.05) is 40.7 Å². The lowest BCUT2D eigenvalue weighted by atomic mass is 9.73. The van der Waals surface area contributed by atoms with Crippen LogP contribution in [-0.4, -0.2) is 32.4 Å². The van der Waals surface area contributed by atoms with E-state index >= 15 is 0 Å². The van der Waals surface area contributed by atoms with Crippen molar-refractivity contribution in [3.05, 3.63) is 23.0 Å². The Morgan fingerprint density at radius 1 is 1.38 bits per heavy atom. The minimum absolute atomic E-state index is 0.107. The molecule has 0 saturated carbocycles. The molecule has 0 N–H and O–H groups in total. The minimum Gasteiger partial charge on any atom is -0.498 e. The summed E-state index contributed by atoms with van der Waals surface area (Å²) in [5.74, 6) is 0.872. The molecule has 0 aliphatic heterocycles. The number of hydrogen-bond donors (Lipinski definition) is 0. The van der Waals surface area contributed by atoms with Crippen molar-refractivity contribution < 1.29 is 19.0 Å². The summed E-state index contributed by atoms with van der Waals surface area (Å²) in [7, 11) is 1.57. The zero-order chi connectivity index (χ0) is 16.0. The molecule has 1 unspecified atom stereocenters. The van der Waals surface area contributed by atoms with Gasteiger partial charge in [-0.3, -0.25) is 4.79 Å². The Morgan fingerprint density at radius 2 is 2.05 bits per heavy atom. The number of methoxy groups -OCH3 is 1. The van der Waals surface area contributed by atoms with Crippen LogP contribution in [0.25, 0.3) is 0 Å². The molecule has 0 radical (unpaired) electrons. The van der Waals surface area contributed by atoms with E-state index in [9.17, 15) is 4.79 Å². The molecular formula is C17H28O4. The molecule has 1 aliphatic rings. The second-order valence-corrected chi connectivity index (χ2v) is 6.22. The lowest BCUT2D eigenvalue weighted by Crippen LogP contribution is -2.36. The van der Waals surface area contributed by atoms with Gasteiger partial charge in [-0.1, -0.05) is 25.5 Å². The Balaban J connectivity index is 3.23. The topological polar surface area (TPSA) is 44.8 Å². The summed E-state index contributed by atoms with van der Waals surface area (Å²) >= 11 is 0. The van der Waals surface area contributed by atoms with Crippen LogP contribution >= 0.6 is 0 Å². The smallest absolute Gasteiger partial charge is 0.170 e. The number of carbonyl (C=O) groups is 1. The molecule has 1 atom stereocenters. The molecule has 1 rings (SSSR count). The monoisotopic (exact) mass is 296 g/mol. The summed E-state index contributed by atoms with van der Waals surface area (Å²) in [6, 6.07) is 0. The maximum Gasteiger partial charge on any atom is 0.170 e. The van der Waals surface area contributed by atoms with Crippen LogP contribution in [0.2, 0.25) is 0 Å². The molecule has 4 nitrogen and oxygen atoms in total. The normalized spacial score (nSPS) is 19.4. The van der Waals surface area contributed by atoms with Gasteiger partial charge in [-0.2, -0.15) is 0 Å². The van der Waals surface area contributed by atoms with Gasteiger partial charge in [0.2, 0.25) is 0 Å². The fraction of sp³-hybridized carbons (Fsp3) is 0.706. The first-order chi connectivity index (χ1) is 9.83. The van der Waals surface area contributed by atoms with Crippen molar-refractivity contribution in [1.29, 1.82) is 0 Å². The number of ether oxygens (including phenoxy) is 3. The van der Waals surface area contributed by atoms with Crippen LogP contribution in [0.3, 0.4) is 0 Å². The number of Topliss-reactive ketones (excluding diaryl/α,β-unsaturated/α-hetero) is 1. The van der Waals surface area contributed by atoms with Crippen molar-refractivity contribution in [2.24, 2.45) is 5.41 Å². The average molecular weight is 296 g/mol. The summed E-state index contributed by atoms with van der Waals surface area (Å²) in [6.07, 6.45) is 3.11. The number of carbonyl (C=O) groups excluding carboxylic acids is 1. The highest BCUT2D eigenvalue weighted by atomic mass is 16.7. The first-order valence-corrected chi connectivity index (χ1v) is 7.49. The van der Waals surface area contributed by atoms with Crippen LogP contribution in [0.5, 0.6) is 0 Å². The van der Waals surface area contributed by atoms with Crippen molar-refractivity contribution >= 4 is 5.78 Å². The van der Waals surface area contributed by atoms with Gasteiger partial charge in [-0.25, -0.2) is 0 Å². The van der Waals surface area contributed by atoms with Crippen molar-refractivity contribution in [3.8, 4) is 0 Å². The quantitative estimate of drug-likeness (QED) is 0.531. The van der Waals surface area contributed by atoms with E-state index in [1.165, 1.54) is 0 Å². The number of rotatable bonds is 7. The molecule has 0 aromatic heterocycles. The third kappa shape index (κ3) is 4.68. The first kappa shape index (κ1) is 17.9. The van der Waals surface area contributed by atoms with Crippen LogP contribution in [0.4, 0.5) is 0 Å². The molecular weight excluding hydrogens is 268 g/mol. The fourth-order valence-corrected chi connectivity index (χ4v) is 2.44. The molecule has 0 amide bonds. The summed E-state index contributed by atoms with van der Waals surface area (Å²) in [5, 5.41) is 0.